The van der Waals surface area contributed by atoms with Crippen LogP contribution in [0.2, 0.25) is 0 Å². The Kier molecular flexibility index (Phi) is 3.46. The maximum absolute atomic E-state index is 13.0. The quantitative estimate of drug-likeness (QED) is 0.912. The van der Waals surface area contributed by atoms with Gasteiger partial charge in [0.05, 0.1) is 17.1 Å². The highest BCUT2D eigenvalue weighted by molar-refractivity contribution is 6.74. The molecule has 0 fully saturated rings. The Labute approximate surface area is 144 Å². The first-order chi connectivity index (χ1) is 12.1. The molecule has 4 rings (SSSR count). The van der Waals surface area contributed by atoms with Gasteiger partial charge in [0.2, 0.25) is 0 Å². The number of aromatic hydroxyl groups is 1. The van der Waals surface area contributed by atoms with Crippen LogP contribution < -0.4 is 4.90 Å². The average Bonchev–Trinajstić information content (AvgIpc) is 2.61. The minimum absolute atomic E-state index is 0.121. The van der Waals surface area contributed by atoms with Gasteiger partial charge in [-0.15, -0.1) is 0 Å². The van der Waals surface area contributed by atoms with E-state index in [-0.39, 0.29) is 17.4 Å². The Balaban J connectivity index is 1.88. The summed E-state index contributed by atoms with van der Waals surface area (Å²) in [4.78, 5) is 35.1. The van der Waals surface area contributed by atoms with Crippen LogP contribution in [0.1, 0.15) is 24.8 Å². The Bertz CT molecular complexity index is 948. The molecular formula is C19H15N3O3. The Hall–Kier alpha value is -3.28. The molecule has 3 amide bonds. The summed E-state index contributed by atoms with van der Waals surface area (Å²) in [5, 5.41) is 9.76. The van der Waals surface area contributed by atoms with Gasteiger partial charge >= 0.3 is 6.03 Å². The molecule has 0 saturated carbocycles. The van der Waals surface area contributed by atoms with Crippen LogP contribution in [0.4, 0.5) is 16.2 Å². The van der Waals surface area contributed by atoms with Crippen LogP contribution in [0.25, 0.3) is 0 Å². The first kappa shape index (κ1) is 15.3. The fraction of sp³-hybridized carbons (Fsp3) is 0.158. The van der Waals surface area contributed by atoms with Gasteiger partial charge in [-0.2, -0.15) is 4.99 Å². The van der Waals surface area contributed by atoms with E-state index in [2.05, 4.69) is 9.98 Å². The summed E-state index contributed by atoms with van der Waals surface area (Å²) in [7, 11) is 0. The van der Waals surface area contributed by atoms with Crippen molar-refractivity contribution < 1.29 is 14.7 Å². The van der Waals surface area contributed by atoms with Crippen LogP contribution in [-0.2, 0) is 4.79 Å². The van der Waals surface area contributed by atoms with Crippen LogP contribution >= 0.6 is 0 Å². The standard InChI is InChI=1S/C19H15N3O3/c1-2-13-14-10-12(23)8-9-15(14)20-17-16(13)21-19(25)22(18(17)24)11-6-4-3-5-7-11/h3-10,13,23H,2H2,1H3. The maximum Gasteiger partial charge on any atom is 0.355 e. The summed E-state index contributed by atoms with van der Waals surface area (Å²) in [6.07, 6.45) is 0.639. The molecule has 0 radical (unpaired) electrons. The largest absolute Gasteiger partial charge is 0.508 e. The number of carbonyl (C=O) groups is 2. The van der Waals surface area contributed by atoms with E-state index in [1.165, 1.54) is 6.07 Å². The van der Waals surface area contributed by atoms with Crippen molar-refractivity contribution in [2.75, 3.05) is 4.90 Å². The number of imide groups is 1. The fourth-order valence-corrected chi connectivity index (χ4v) is 3.26. The summed E-state index contributed by atoms with van der Waals surface area (Å²) in [6, 6.07) is 12.9. The molecule has 0 bridgehead atoms. The third-order valence-electron chi connectivity index (χ3n) is 4.43. The maximum atomic E-state index is 13.0. The third-order valence-corrected chi connectivity index (χ3v) is 4.43. The number of urea groups is 1. The predicted molar refractivity (Wildman–Crippen MR) is 95.0 cm³/mol. The average molecular weight is 333 g/mol. The zero-order valence-electron chi connectivity index (χ0n) is 13.5. The lowest BCUT2D eigenvalue weighted by Gasteiger charge is -2.31. The molecule has 0 saturated heterocycles. The highest BCUT2D eigenvalue weighted by Crippen LogP contribution is 2.39. The molecule has 0 spiro atoms. The fourth-order valence-electron chi connectivity index (χ4n) is 3.26. The normalized spacial score (nSPS) is 19.1. The lowest BCUT2D eigenvalue weighted by atomic mass is 9.84. The minimum Gasteiger partial charge on any atom is -0.508 e. The molecule has 2 aliphatic heterocycles. The Morgan fingerprint density at radius 3 is 2.56 bits per heavy atom. The number of carbonyl (C=O) groups excluding carboxylic acids is 2. The van der Waals surface area contributed by atoms with Crippen molar-refractivity contribution in [1.82, 2.24) is 0 Å². The van der Waals surface area contributed by atoms with Crippen molar-refractivity contribution in [3.8, 4) is 5.75 Å². The second kappa shape index (κ2) is 5.66. The Morgan fingerprint density at radius 2 is 1.84 bits per heavy atom. The molecule has 25 heavy (non-hydrogen) atoms. The third kappa shape index (κ3) is 2.34. The van der Waals surface area contributed by atoms with Crippen LogP contribution in [0.15, 0.2) is 58.5 Å². The highest BCUT2D eigenvalue weighted by atomic mass is 16.3. The number of phenolic OH excluding ortho intramolecular Hbond substituents is 1. The number of phenols is 1. The topological polar surface area (TPSA) is 82.3 Å². The first-order valence-corrected chi connectivity index (χ1v) is 8.04. The summed E-state index contributed by atoms with van der Waals surface area (Å²) < 4.78 is 0. The van der Waals surface area contributed by atoms with Crippen LogP contribution in [0.5, 0.6) is 5.75 Å². The van der Waals surface area contributed by atoms with Gasteiger partial charge in [0.25, 0.3) is 5.91 Å². The van der Waals surface area contributed by atoms with Crippen LogP contribution in [0.3, 0.4) is 0 Å². The second-order valence-corrected chi connectivity index (χ2v) is 5.92. The summed E-state index contributed by atoms with van der Waals surface area (Å²) in [5.74, 6) is -0.602. The van der Waals surface area contributed by atoms with Crippen molar-refractivity contribution in [1.29, 1.82) is 0 Å². The van der Waals surface area contributed by atoms with Gasteiger partial charge in [-0.05, 0) is 42.3 Å². The zero-order chi connectivity index (χ0) is 17.6. The van der Waals surface area contributed by atoms with E-state index in [4.69, 9.17) is 0 Å². The van der Waals surface area contributed by atoms with Crippen molar-refractivity contribution in [3.05, 3.63) is 54.1 Å². The number of para-hydroxylation sites is 1. The number of benzene rings is 2. The summed E-state index contributed by atoms with van der Waals surface area (Å²) in [5.41, 5.74) is 2.43. The number of amides is 3. The van der Waals surface area contributed by atoms with Gasteiger partial charge in [-0.1, -0.05) is 25.1 Å². The van der Waals surface area contributed by atoms with Gasteiger partial charge in [-0.25, -0.2) is 14.7 Å². The highest BCUT2D eigenvalue weighted by Gasteiger charge is 2.41. The molecular weight excluding hydrogens is 318 g/mol. The smallest absolute Gasteiger partial charge is 0.355 e. The number of hydrogen-bond acceptors (Lipinski definition) is 4. The van der Waals surface area contributed by atoms with E-state index in [1.54, 1.807) is 36.4 Å². The number of rotatable bonds is 2. The second-order valence-electron chi connectivity index (χ2n) is 5.92. The van der Waals surface area contributed by atoms with E-state index >= 15 is 0 Å². The molecule has 0 aromatic heterocycles. The number of aliphatic imine (C=N–C) groups is 2. The van der Waals surface area contributed by atoms with E-state index < -0.39 is 11.9 Å². The molecule has 124 valence electrons. The van der Waals surface area contributed by atoms with E-state index in [0.717, 1.165) is 10.5 Å². The van der Waals surface area contributed by atoms with Gasteiger partial charge < -0.3 is 5.11 Å². The van der Waals surface area contributed by atoms with Gasteiger partial charge in [0.15, 0.2) is 5.71 Å². The van der Waals surface area contributed by atoms with Crippen molar-refractivity contribution in [2.45, 2.75) is 19.3 Å². The minimum atomic E-state index is -0.618. The molecule has 2 aliphatic rings. The van der Waals surface area contributed by atoms with Crippen LogP contribution in [0, 0.1) is 0 Å². The molecule has 0 aliphatic carbocycles. The van der Waals surface area contributed by atoms with Crippen molar-refractivity contribution in [2.24, 2.45) is 9.98 Å². The van der Waals surface area contributed by atoms with Crippen molar-refractivity contribution >= 4 is 34.7 Å². The lowest BCUT2D eigenvalue weighted by molar-refractivity contribution is -0.111. The molecule has 2 aromatic carbocycles. The number of nitrogens with zero attached hydrogens (tertiary/aromatic N) is 3. The monoisotopic (exact) mass is 333 g/mol. The van der Waals surface area contributed by atoms with E-state index in [0.29, 0.717) is 23.5 Å². The molecule has 1 N–H and O–H groups in total. The predicted octanol–water partition coefficient (Wildman–Crippen LogP) is 3.58. The van der Waals surface area contributed by atoms with E-state index in [9.17, 15) is 14.7 Å². The summed E-state index contributed by atoms with van der Waals surface area (Å²) in [6.45, 7) is 1.95. The number of anilines is 1. The summed E-state index contributed by atoms with van der Waals surface area (Å²) >= 11 is 0. The molecule has 1 atom stereocenters. The molecule has 6 heteroatoms. The van der Waals surface area contributed by atoms with Gasteiger partial charge in [-0.3, -0.25) is 4.79 Å². The van der Waals surface area contributed by atoms with Gasteiger partial charge in [0.1, 0.15) is 5.75 Å². The Morgan fingerprint density at radius 1 is 1.08 bits per heavy atom. The zero-order valence-corrected chi connectivity index (χ0v) is 13.5. The SMILES string of the molecule is CCC1C2=NC(=O)N(c3ccccc3)C(=O)C2=Nc2ccc(O)cc21. The first-order valence-electron chi connectivity index (χ1n) is 8.04. The van der Waals surface area contributed by atoms with Gasteiger partial charge in [0, 0.05) is 5.92 Å². The molecule has 6 nitrogen and oxygen atoms in total. The van der Waals surface area contributed by atoms with E-state index in [1.807, 2.05) is 13.0 Å². The molecule has 1 unspecified atom stereocenters. The van der Waals surface area contributed by atoms with Crippen molar-refractivity contribution in [3.63, 3.8) is 0 Å². The molecule has 2 heterocycles. The number of hydrogen-bond donors (Lipinski definition) is 1. The van der Waals surface area contributed by atoms with Crippen LogP contribution in [-0.4, -0.2) is 28.5 Å². The lowest BCUT2D eigenvalue weighted by Crippen LogP contribution is -2.49. The number of fused-ring (bicyclic) bond motifs is 2. The molecule has 2 aromatic rings.